The molecule has 0 saturated heterocycles. The molecule has 2 aromatic heterocycles. The maximum atomic E-state index is 11.4. The zero-order valence-corrected chi connectivity index (χ0v) is 6.81. The molecule has 0 aliphatic carbocycles. The highest BCUT2D eigenvalue weighted by atomic mass is 16.1. The largest absolute Gasteiger partial charge is 0.304 e. The lowest BCUT2D eigenvalue weighted by Gasteiger charge is -1.97. The van der Waals surface area contributed by atoms with Crippen LogP contribution < -0.4 is 11.1 Å². The smallest absolute Gasteiger partial charge is 0.281 e. The molecule has 0 saturated carbocycles. The van der Waals surface area contributed by atoms with Crippen LogP contribution in [-0.4, -0.2) is 19.5 Å². The van der Waals surface area contributed by atoms with Gasteiger partial charge >= 0.3 is 0 Å². The van der Waals surface area contributed by atoms with E-state index in [0.29, 0.717) is 0 Å². The second kappa shape index (κ2) is 2.51. The Balaban J connectivity index is 3.03. The van der Waals surface area contributed by atoms with Gasteiger partial charge in [-0.15, -0.1) is 0 Å². The van der Waals surface area contributed by atoms with Gasteiger partial charge in [-0.2, -0.15) is 0 Å². The first-order valence-electron chi connectivity index (χ1n) is 3.59. The highest BCUT2D eigenvalue weighted by Gasteiger charge is 2.02. The zero-order chi connectivity index (χ0) is 9.42. The molecule has 0 unspecified atom stereocenters. The molecule has 1 N–H and O–H groups in total. The van der Waals surface area contributed by atoms with Crippen LogP contribution in [0.4, 0.5) is 0 Å². The predicted octanol–water partition coefficient (Wildman–Crippen LogP) is -0.983. The summed E-state index contributed by atoms with van der Waals surface area (Å²) in [5, 5.41) is 0. The molecule has 2 aromatic rings. The summed E-state index contributed by atoms with van der Waals surface area (Å²) in [4.78, 5) is 32.2. The van der Waals surface area contributed by atoms with Crippen LogP contribution in [-0.2, 0) is 7.05 Å². The van der Waals surface area contributed by atoms with E-state index in [1.807, 2.05) is 0 Å². The Morgan fingerprint density at radius 3 is 2.92 bits per heavy atom. The van der Waals surface area contributed by atoms with Crippen molar-refractivity contribution in [2.24, 2.45) is 7.05 Å². The number of aromatic nitrogens is 4. The number of hydrogen-bond acceptors (Lipinski definition) is 4. The van der Waals surface area contributed by atoms with E-state index in [1.54, 1.807) is 7.05 Å². The zero-order valence-electron chi connectivity index (χ0n) is 6.81. The van der Waals surface area contributed by atoms with E-state index in [2.05, 4.69) is 15.0 Å². The van der Waals surface area contributed by atoms with Crippen LogP contribution in [0, 0.1) is 0 Å². The quantitative estimate of drug-likeness (QED) is 0.562. The molecule has 0 atom stereocenters. The Morgan fingerprint density at radius 1 is 1.38 bits per heavy atom. The van der Waals surface area contributed by atoms with Gasteiger partial charge in [-0.25, -0.2) is 9.97 Å². The van der Waals surface area contributed by atoms with Gasteiger partial charge in [-0.3, -0.25) is 9.59 Å². The standard InChI is InChI=1S/C7H6N4O2/c1-11-3-9-6-5(7(11)13)8-2-4(12)10-6/h2-3H,1H3,(H,10,12). The van der Waals surface area contributed by atoms with E-state index in [9.17, 15) is 9.59 Å². The Kier molecular flexibility index (Phi) is 1.48. The van der Waals surface area contributed by atoms with Crippen molar-refractivity contribution in [1.82, 2.24) is 19.5 Å². The molecular weight excluding hydrogens is 172 g/mol. The molecule has 0 aromatic carbocycles. The van der Waals surface area contributed by atoms with E-state index in [1.165, 1.54) is 10.9 Å². The number of rotatable bonds is 0. The lowest BCUT2D eigenvalue weighted by molar-refractivity contribution is 0.833. The van der Waals surface area contributed by atoms with Gasteiger partial charge in [0.15, 0.2) is 11.2 Å². The van der Waals surface area contributed by atoms with Crippen molar-refractivity contribution >= 4 is 11.2 Å². The number of fused-ring (bicyclic) bond motifs is 1. The summed E-state index contributed by atoms with van der Waals surface area (Å²) in [6.45, 7) is 0. The maximum Gasteiger partial charge on any atom is 0.281 e. The molecule has 6 nitrogen and oxygen atoms in total. The number of aryl methyl sites for hydroxylation is 1. The number of nitrogens with one attached hydrogen (secondary N) is 1. The predicted molar refractivity (Wildman–Crippen MR) is 45.4 cm³/mol. The summed E-state index contributed by atoms with van der Waals surface area (Å²) in [5.41, 5.74) is -0.255. The van der Waals surface area contributed by atoms with Gasteiger partial charge in [0.05, 0.1) is 12.5 Å². The van der Waals surface area contributed by atoms with Crippen LogP contribution in [0.15, 0.2) is 22.1 Å². The van der Waals surface area contributed by atoms with Gasteiger partial charge in [0.2, 0.25) is 0 Å². The molecule has 2 heterocycles. The fourth-order valence-corrected chi connectivity index (χ4v) is 1.01. The number of aromatic amines is 1. The third-order valence-electron chi connectivity index (χ3n) is 1.66. The fourth-order valence-electron chi connectivity index (χ4n) is 1.01. The van der Waals surface area contributed by atoms with Crippen molar-refractivity contribution in [2.45, 2.75) is 0 Å². The second-order valence-corrected chi connectivity index (χ2v) is 2.61. The molecule has 0 amide bonds. The molecule has 0 aliphatic heterocycles. The van der Waals surface area contributed by atoms with Crippen LogP contribution in [0.25, 0.3) is 11.2 Å². The first-order chi connectivity index (χ1) is 6.18. The van der Waals surface area contributed by atoms with E-state index in [4.69, 9.17) is 0 Å². The summed E-state index contributed by atoms with van der Waals surface area (Å²) >= 11 is 0. The van der Waals surface area contributed by atoms with Gasteiger partial charge < -0.3 is 9.55 Å². The summed E-state index contributed by atoms with van der Waals surface area (Å²) in [5.74, 6) is 0. The van der Waals surface area contributed by atoms with Gasteiger partial charge in [0.25, 0.3) is 11.1 Å². The van der Waals surface area contributed by atoms with E-state index in [-0.39, 0.29) is 22.3 Å². The Hall–Kier alpha value is -1.98. The molecule has 66 valence electrons. The first kappa shape index (κ1) is 7.66. The van der Waals surface area contributed by atoms with Crippen molar-refractivity contribution < 1.29 is 0 Å². The molecule has 13 heavy (non-hydrogen) atoms. The van der Waals surface area contributed by atoms with Crippen molar-refractivity contribution in [3.63, 3.8) is 0 Å². The summed E-state index contributed by atoms with van der Waals surface area (Å²) < 4.78 is 1.30. The van der Waals surface area contributed by atoms with Gasteiger partial charge in [0, 0.05) is 7.05 Å². The molecular formula is C7H6N4O2. The van der Waals surface area contributed by atoms with Crippen molar-refractivity contribution in [2.75, 3.05) is 0 Å². The van der Waals surface area contributed by atoms with E-state index < -0.39 is 0 Å². The second-order valence-electron chi connectivity index (χ2n) is 2.61. The molecule has 0 bridgehead atoms. The fraction of sp³-hybridized carbons (Fsp3) is 0.143. The minimum Gasteiger partial charge on any atom is -0.304 e. The SMILES string of the molecule is Cn1cnc2[nH]c(=O)cnc2c1=O. The molecule has 0 radical (unpaired) electrons. The molecule has 0 aliphatic rings. The maximum absolute atomic E-state index is 11.4. The summed E-state index contributed by atoms with van der Waals surface area (Å²) in [7, 11) is 1.57. The number of H-pyrrole nitrogens is 1. The number of nitrogens with zero attached hydrogens (tertiary/aromatic N) is 3. The van der Waals surface area contributed by atoms with Crippen LogP contribution in [0.1, 0.15) is 0 Å². The Bertz CT molecular complexity index is 568. The van der Waals surface area contributed by atoms with Crippen molar-refractivity contribution in [3.05, 3.63) is 33.2 Å². The normalized spacial score (nSPS) is 10.5. The minimum atomic E-state index is -0.367. The van der Waals surface area contributed by atoms with Crippen LogP contribution in [0.5, 0.6) is 0 Å². The lowest BCUT2D eigenvalue weighted by Crippen LogP contribution is -2.20. The van der Waals surface area contributed by atoms with Crippen LogP contribution >= 0.6 is 0 Å². The Morgan fingerprint density at radius 2 is 2.15 bits per heavy atom. The van der Waals surface area contributed by atoms with Gasteiger partial charge in [-0.05, 0) is 0 Å². The topological polar surface area (TPSA) is 80.6 Å². The summed E-state index contributed by atoms with van der Waals surface area (Å²) in [6.07, 6.45) is 2.40. The monoisotopic (exact) mass is 178 g/mol. The van der Waals surface area contributed by atoms with E-state index >= 15 is 0 Å². The van der Waals surface area contributed by atoms with Crippen molar-refractivity contribution in [3.8, 4) is 0 Å². The molecule has 6 heteroatoms. The third-order valence-corrected chi connectivity index (χ3v) is 1.66. The van der Waals surface area contributed by atoms with Crippen LogP contribution in [0.3, 0.4) is 0 Å². The highest BCUT2D eigenvalue weighted by molar-refractivity contribution is 5.66. The molecule has 0 fully saturated rings. The van der Waals surface area contributed by atoms with Crippen LogP contribution in [0.2, 0.25) is 0 Å². The average molecular weight is 178 g/mol. The highest BCUT2D eigenvalue weighted by Crippen LogP contribution is 1.92. The Labute approximate surface area is 71.9 Å². The first-order valence-corrected chi connectivity index (χ1v) is 3.59. The average Bonchev–Trinajstić information content (AvgIpc) is 2.12. The third kappa shape index (κ3) is 1.12. The number of hydrogen-bond donors (Lipinski definition) is 1. The van der Waals surface area contributed by atoms with Gasteiger partial charge in [-0.1, -0.05) is 0 Å². The van der Waals surface area contributed by atoms with Gasteiger partial charge in [0.1, 0.15) is 0 Å². The van der Waals surface area contributed by atoms with E-state index in [0.717, 1.165) is 6.20 Å². The van der Waals surface area contributed by atoms with Crippen molar-refractivity contribution in [1.29, 1.82) is 0 Å². The molecule has 2 rings (SSSR count). The summed E-state index contributed by atoms with van der Waals surface area (Å²) in [6, 6.07) is 0. The minimum absolute atomic E-state index is 0.171. The lowest BCUT2D eigenvalue weighted by atomic mass is 10.5. The molecule has 0 spiro atoms.